The topological polar surface area (TPSA) is 64.3 Å². The summed E-state index contributed by atoms with van der Waals surface area (Å²) in [5.41, 5.74) is 7.66. The van der Waals surface area contributed by atoms with Gasteiger partial charge < -0.3 is 15.4 Å². The first-order valence-electron chi connectivity index (χ1n) is 9.60. The quantitative estimate of drug-likeness (QED) is 0.788. The van der Waals surface area contributed by atoms with Crippen molar-refractivity contribution in [3.63, 3.8) is 0 Å². The molecule has 5 rings (SSSR count). The van der Waals surface area contributed by atoms with Crippen LogP contribution < -0.4 is 10.6 Å². The highest BCUT2D eigenvalue weighted by Gasteiger charge is 2.45. The molecule has 2 saturated heterocycles. The van der Waals surface area contributed by atoms with E-state index in [0.717, 1.165) is 5.56 Å². The smallest absolute Gasteiger partial charge is 0.290 e. The zero-order valence-corrected chi connectivity index (χ0v) is 15.5. The van der Waals surface area contributed by atoms with Gasteiger partial charge in [-0.15, -0.1) is 0 Å². The van der Waals surface area contributed by atoms with E-state index >= 15 is 0 Å². The van der Waals surface area contributed by atoms with Gasteiger partial charge in [-0.25, -0.2) is 18.7 Å². The Kier molecular flexibility index (Phi) is 4.12. The Morgan fingerprint density at radius 3 is 2.41 bits per heavy atom. The molecular weight excluding hydrogens is 388 g/mol. The van der Waals surface area contributed by atoms with Gasteiger partial charge in [0.05, 0.1) is 30.5 Å². The Hall–Kier alpha value is -2.26. The van der Waals surface area contributed by atoms with E-state index in [1.807, 2.05) is 12.1 Å². The molecule has 154 valence electrons. The second-order valence-corrected chi connectivity index (χ2v) is 8.01. The standard InChI is InChI=1S/C20H20F4N4O/c21-17(22)14-6-8-28(14)18-26-15(13-5-7-20(23,24)16(13)27-18)11-1-3-12(4-2-11)19(25)9-29-10-19/h1-4,14,17H,5-10,25H2/t14-/m1/s1. The molecule has 0 unspecified atom stereocenters. The van der Waals surface area contributed by atoms with Gasteiger partial charge in [-0.3, -0.25) is 0 Å². The second kappa shape index (κ2) is 6.37. The molecule has 2 aliphatic heterocycles. The molecule has 3 heterocycles. The molecule has 1 aromatic heterocycles. The molecule has 0 bridgehead atoms. The molecule has 2 aromatic rings. The maximum Gasteiger partial charge on any atom is 0.290 e. The Balaban J connectivity index is 1.57. The minimum absolute atomic E-state index is 0.0522. The highest BCUT2D eigenvalue weighted by Crippen LogP contribution is 2.45. The number of rotatable bonds is 4. The van der Waals surface area contributed by atoms with Crippen LogP contribution in [0.3, 0.4) is 0 Å². The third-order valence-electron chi connectivity index (χ3n) is 6.10. The third-order valence-corrected chi connectivity index (χ3v) is 6.10. The molecule has 0 amide bonds. The maximum atomic E-state index is 14.4. The number of anilines is 1. The highest BCUT2D eigenvalue weighted by molar-refractivity contribution is 5.67. The van der Waals surface area contributed by atoms with Crippen LogP contribution in [-0.4, -0.2) is 42.2 Å². The third kappa shape index (κ3) is 2.90. The monoisotopic (exact) mass is 408 g/mol. The van der Waals surface area contributed by atoms with Crippen LogP contribution in [0.2, 0.25) is 0 Å². The first kappa shape index (κ1) is 18.7. The van der Waals surface area contributed by atoms with E-state index in [9.17, 15) is 17.6 Å². The number of hydrogen-bond donors (Lipinski definition) is 1. The average molecular weight is 408 g/mol. The fourth-order valence-electron chi connectivity index (χ4n) is 4.15. The summed E-state index contributed by atoms with van der Waals surface area (Å²) in [6.07, 6.45) is -2.49. The van der Waals surface area contributed by atoms with Crippen molar-refractivity contribution in [2.45, 2.75) is 43.2 Å². The molecule has 3 aliphatic rings. The van der Waals surface area contributed by atoms with Crippen LogP contribution in [0, 0.1) is 0 Å². The van der Waals surface area contributed by atoms with Crippen LogP contribution in [0.1, 0.15) is 29.7 Å². The van der Waals surface area contributed by atoms with Crippen molar-refractivity contribution in [3.8, 4) is 11.3 Å². The van der Waals surface area contributed by atoms with Crippen molar-refractivity contribution in [3.05, 3.63) is 41.1 Å². The second-order valence-electron chi connectivity index (χ2n) is 8.01. The molecule has 29 heavy (non-hydrogen) atoms. The Morgan fingerprint density at radius 1 is 1.14 bits per heavy atom. The largest absolute Gasteiger partial charge is 0.377 e. The number of nitrogens with zero attached hydrogens (tertiary/aromatic N) is 3. The minimum Gasteiger partial charge on any atom is -0.377 e. The molecule has 0 spiro atoms. The summed E-state index contributed by atoms with van der Waals surface area (Å²) in [5.74, 6) is -3.14. The zero-order valence-electron chi connectivity index (χ0n) is 15.5. The predicted octanol–water partition coefficient (Wildman–Crippen LogP) is 3.21. The van der Waals surface area contributed by atoms with Gasteiger partial charge in [-0.2, -0.15) is 8.78 Å². The van der Waals surface area contributed by atoms with E-state index in [-0.39, 0.29) is 24.5 Å². The van der Waals surface area contributed by atoms with Gasteiger partial charge in [0.1, 0.15) is 5.69 Å². The normalized spacial score (nSPS) is 24.2. The lowest BCUT2D eigenvalue weighted by molar-refractivity contribution is -0.0569. The number of fused-ring (bicyclic) bond motifs is 1. The van der Waals surface area contributed by atoms with Crippen molar-refractivity contribution >= 4 is 5.95 Å². The minimum atomic E-state index is -3.09. The number of aromatic nitrogens is 2. The van der Waals surface area contributed by atoms with Gasteiger partial charge in [0.2, 0.25) is 5.95 Å². The summed E-state index contributed by atoms with van der Waals surface area (Å²) in [6.45, 7) is 1.18. The van der Waals surface area contributed by atoms with Crippen LogP contribution in [0.25, 0.3) is 11.3 Å². The van der Waals surface area contributed by atoms with Crippen LogP contribution >= 0.6 is 0 Å². The molecular formula is C20H20F4N4O. The maximum absolute atomic E-state index is 14.4. The average Bonchev–Trinajstić information content (AvgIpc) is 2.93. The Bertz CT molecular complexity index is 946. The van der Waals surface area contributed by atoms with Crippen LogP contribution in [0.15, 0.2) is 24.3 Å². The first-order valence-corrected chi connectivity index (χ1v) is 9.60. The van der Waals surface area contributed by atoms with Crippen LogP contribution in [0.4, 0.5) is 23.5 Å². The summed E-state index contributed by atoms with van der Waals surface area (Å²) in [5, 5.41) is 0. The van der Waals surface area contributed by atoms with Gasteiger partial charge >= 0.3 is 0 Å². The van der Waals surface area contributed by atoms with E-state index in [4.69, 9.17) is 10.5 Å². The van der Waals surface area contributed by atoms with E-state index in [2.05, 4.69) is 9.97 Å². The molecule has 5 nitrogen and oxygen atoms in total. The number of benzene rings is 1. The van der Waals surface area contributed by atoms with Gasteiger partial charge in [0.15, 0.2) is 0 Å². The number of alkyl halides is 4. The van der Waals surface area contributed by atoms with Crippen molar-refractivity contribution in [2.75, 3.05) is 24.7 Å². The number of halogens is 4. The van der Waals surface area contributed by atoms with E-state index in [1.165, 1.54) is 4.90 Å². The number of hydrogen-bond acceptors (Lipinski definition) is 5. The Morgan fingerprint density at radius 2 is 1.86 bits per heavy atom. The van der Waals surface area contributed by atoms with E-state index < -0.39 is 23.9 Å². The molecule has 9 heteroatoms. The van der Waals surface area contributed by atoms with Crippen molar-refractivity contribution in [1.29, 1.82) is 0 Å². The van der Waals surface area contributed by atoms with E-state index in [1.54, 1.807) is 12.1 Å². The fraction of sp³-hybridized carbons (Fsp3) is 0.500. The molecule has 0 saturated carbocycles. The number of ether oxygens (including phenoxy) is 1. The van der Waals surface area contributed by atoms with Gasteiger partial charge in [0.25, 0.3) is 12.3 Å². The summed E-state index contributed by atoms with van der Waals surface area (Å²) >= 11 is 0. The van der Waals surface area contributed by atoms with Gasteiger partial charge in [-0.05, 0) is 18.4 Å². The molecule has 1 atom stereocenters. The molecule has 1 aliphatic carbocycles. The fourth-order valence-corrected chi connectivity index (χ4v) is 4.15. The van der Waals surface area contributed by atoms with Crippen LogP contribution in [0.5, 0.6) is 0 Å². The van der Waals surface area contributed by atoms with E-state index in [0.29, 0.717) is 43.0 Å². The summed E-state index contributed by atoms with van der Waals surface area (Å²) in [6, 6.07) is 6.21. The molecule has 2 N–H and O–H groups in total. The van der Waals surface area contributed by atoms with Crippen molar-refractivity contribution < 1.29 is 22.3 Å². The van der Waals surface area contributed by atoms with Crippen molar-refractivity contribution in [2.24, 2.45) is 5.73 Å². The lowest BCUT2D eigenvalue weighted by Gasteiger charge is -2.40. The summed E-state index contributed by atoms with van der Waals surface area (Å²) in [4.78, 5) is 9.79. The highest BCUT2D eigenvalue weighted by atomic mass is 19.3. The molecule has 2 fully saturated rings. The van der Waals surface area contributed by atoms with Gasteiger partial charge in [0, 0.05) is 24.1 Å². The van der Waals surface area contributed by atoms with Gasteiger partial charge in [-0.1, -0.05) is 24.3 Å². The summed E-state index contributed by atoms with van der Waals surface area (Å²) in [7, 11) is 0. The zero-order chi connectivity index (χ0) is 20.4. The lowest BCUT2D eigenvalue weighted by atomic mass is 9.88. The first-order chi connectivity index (χ1) is 13.8. The van der Waals surface area contributed by atoms with Crippen LogP contribution in [-0.2, 0) is 22.6 Å². The summed E-state index contributed by atoms with van der Waals surface area (Å²) < 4.78 is 60.5. The molecule has 1 aromatic carbocycles. The lowest BCUT2D eigenvalue weighted by Crippen LogP contribution is -2.54. The predicted molar refractivity (Wildman–Crippen MR) is 98.1 cm³/mol. The van der Waals surface area contributed by atoms with Crippen molar-refractivity contribution in [1.82, 2.24) is 9.97 Å². The Labute approximate surface area is 164 Å². The SMILES string of the molecule is NC1(c2ccc(-c3nc(N4CC[C@@H]4C(F)F)nc4c3CCC4(F)F)cc2)COC1. The molecule has 0 radical (unpaired) electrons. The number of nitrogens with two attached hydrogens (primary N) is 1.